The first kappa shape index (κ1) is 30.6. The van der Waals surface area contributed by atoms with Crippen molar-refractivity contribution < 1.29 is 23.5 Å². The Balaban J connectivity index is 1.30. The van der Waals surface area contributed by atoms with Crippen LogP contribution in [0, 0.1) is 5.82 Å². The summed E-state index contributed by atoms with van der Waals surface area (Å²) in [6.07, 6.45) is 1.84. The van der Waals surface area contributed by atoms with Gasteiger partial charge in [-0.2, -0.15) is 0 Å². The molecule has 0 aliphatic rings. The zero-order valence-electron chi connectivity index (χ0n) is 24.7. The first-order valence-corrected chi connectivity index (χ1v) is 14.1. The number of nitrogens with one attached hydrogen (secondary N) is 2. The van der Waals surface area contributed by atoms with Crippen LogP contribution in [0.1, 0.15) is 15.9 Å². The monoisotopic (exact) mass is 606 g/mol. The number of aromatic nitrogens is 3. The van der Waals surface area contributed by atoms with Gasteiger partial charge in [0.05, 0.1) is 24.6 Å². The lowest BCUT2D eigenvalue weighted by molar-refractivity contribution is -0.127. The molecule has 11 heteroatoms. The van der Waals surface area contributed by atoms with Crippen molar-refractivity contribution in [1.82, 2.24) is 20.3 Å². The van der Waals surface area contributed by atoms with Crippen molar-refractivity contribution in [3.05, 3.63) is 126 Å². The van der Waals surface area contributed by atoms with E-state index in [-0.39, 0.29) is 24.4 Å². The molecule has 5 rings (SSSR count). The number of hydrogen-bond acceptors (Lipinski definition) is 6. The van der Waals surface area contributed by atoms with Gasteiger partial charge in [-0.3, -0.25) is 14.4 Å². The van der Waals surface area contributed by atoms with Gasteiger partial charge in [-0.1, -0.05) is 65.9 Å². The summed E-state index contributed by atoms with van der Waals surface area (Å²) in [5.41, 5.74) is 2.77. The Bertz CT molecular complexity index is 1790. The predicted octanol–water partition coefficient (Wildman–Crippen LogP) is 4.74. The Morgan fingerprint density at radius 3 is 2.33 bits per heavy atom. The number of ether oxygens (including phenoxy) is 1. The van der Waals surface area contributed by atoms with Crippen LogP contribution in [-0.4, -0.2) is 52.9 Å². The van der Waals surface area contributed by atoms with E-state index < -0.39 is 23.7 Å². The molecule has 0 aliphatic heterocycles. The smallest absolute Gasteiger partial charge is 0.258 e. The molecule has 0 saturated carbocycles. The largest absolute Gasteiger partial charge is 0.497 e. The van der Waals surface area contributed by atoms with E-state index in [4.69, 9.17) is 4.74 Å². The first-order chi connectivity index (χ1) is 21.8. The summed E-state index contributed by atoms with van der Waals surface area (Å²) in [5.74, 6) is -1.32. The summed E-state index contributed by atoms with van der Waals surface area (Å²) in [6, 6.07) is 28.2. The van der Waals surface area contributed by atoms with Crippen molar-refractivity contribution in [2.24, 2.45) is 0 Å². The quantitative estimate of drug-likeness (QED) is 0.224. The lowest BCUT2D eigenvalue weighted by Gasteiger charge is -2.25. The number of para-hydroxylation sites is 1. The number of likely N-dealkylation sites (N-methyl/N-ethyl adjacent to an activating group) is 1. The first-order valence-electron chi connectivity index (χ1n) is 14.1. The summed E-state index contributed by atoms with van der Waals surface area (Å²) in [6.45, 7) is -0.207. The highest BCUT2D eigenvalue weighted by Crippen LogP contribution is 2.27. The average Bonchev–Trinajstić information content (AvgIpc) is 3.52. The number of methoxy groups -OCH3 is 1. The fraction of sp³-hybridized carbons (Fsp3) is 0.147. The number of anilines is 2. The Kier molecular flexibility index (Phi) is 9.58. The van der Waals surface area contributed by atoms with Crippen LogP contribution in [0.2, 0.25) is 0 Å². The summed E-state index contributed by atoms with van der Waals surface area (Å²) in [4.78, 5) is 41.1. The molecule has 1 atom stereocenters. The van der Waals surface area contributed by atoms with Gasteiger partial charge >= 0.3 is 0 Å². The minimum atomic E-state index is -0.857. The van der Waals surface area contributed by atoms with Gasteiger partial charge in [0.25, 0.3) is 5.91 Å². The molecular formula is C34H31FN6O4. The Hall–Kier alpha value is -5.84. The van der Waals surface area contributed by atoms with Gasteiger partial charge in [-0.15, -0.1) is 5.10 Å². The van der Waals surface area contributed by atoms with Gasteiger partial charge in [0.1, 0.15) is 29.8 Å². The Labute approximate surface area is 259 Å². The number of carbonyl (C=O) groups is 3. The number of rotatable bonds is 11. The van der Waals surface area contributed by atoms with Gasteiger partial charge in [-0.25, -0.2) is 9.07 Å². The second-order valence-corrected chi connectivity index (χ2v) is 10.2. The molecule has 1 aromatic heterocycles. The number of benzene rings is 4. The van der Waals surface area contributed by atoms with E-state index in [1.165, 1.54) is 27.8 Å². The molecule has 0 spiro atoms. The number of amides is 3. The number of carbonyl (C=O) groups excluding carboxylic acids is 3. The maximum atomic E-state index is 14.2. The molecule has 0 bridgehead atoms. The van der Waals surface area contributed by atoms with Crippen molar-refractivity contribution in [3.63, 3.8) is 0 Å². The van der Waals surface area contributed by atoms with Crippen molar-refractivity contribution in [1.29, 1.82) is 0 Å². The van der Waals surface area contributed by atoms with Crippen molar-refractivity contribution in [3.8, 4) is 17.0 Å². The molecule has 3 amide bonds. The summed E-state index contributed by atoms with van der Waals surface area (Å²) >= 11 is 0. The van der Waals surface area contributed by atoms with Crippen molar-refractivity contribution >= 4 is 29.1 Å². The molecule has 0 radical (unpaired) electrons. The molecule has 2 N–H and O–H groups in total. The highest BCUT2D eigenvalue weighted by atomic mass is 19.1. The zero-order chi connectivity index (χ0) is 31.8. The Morgan fingerprint density at radius 1 is 0.911 bits per heavy atom. The molecule has 5 aromatic rings. The molecule has 1 heterocycles. The van der Waals surface area contributed by atoms with E-state index >= 15 is 0 Å². The second-order valence-electron chi connectivity index (χ2n) is 10.2. The minimum Gasteiger partial charge on any atom is -0.497 e. The number of hydrogen-bond donors (Lipinski definition) is 2. The molecule has 0 aliphatic carbocycles. The zero-order valence-corrected chi connectivity index (χ0v) is 24.7. The van der Waals surface area contributed by atoms with E-state index in [1.807, 2.05) is 30.3 Å². The van der Waals surface area contributed by atoms with Gasteiger partial charge < -0.3 is 20.3 Å². The normalized spacial score (nSPS) is 11.4. The lowest BCUT2D eigenvalue weighted by atomic mass is 10.0. The molecular weight excluding hydrogens is 575 g/mol. The SMILES string of the molecule is COc1ccc(N(C)C(=O)C(Cc2ccccc2)NC(=O)Cn2cc(-c3ccccc3NC(=O)c3ccccc3F)nn2)cc1. The fourth-order valence-electron chi connectivity index (χ4n) is 4.75. The van der Waals surface area contributed by atoms with Crippen LogP contribution in [0.3, 0.4) is 0 Å². The van der Waals surface area contributed by atoms with Gasteiger partial charge in [0.15, 0.2) is 0 Å². The fourth-order valence-corrected chi connectivity index (χ4v) is 4.75. The topological polar surface area (TPSA) is 118 Å². The van der Waals surface area contributed by atoms with E-state index in [9.17, 15) is 18.8 Å². The van der Waals surface area contributed by atoms with Gasteiger partial charge in [-0.05, 0) is 48.0 Å². The number of halogens is 1. The molecule has 4 aromatic carbocycles. The van der Waals surface area contributed by atoms with E-state index in [2.05, 4.69) is 20.9 Å². The van der Waals surface area contributed by atoms with Crippen molar-refractivity contribution in [2.75, 3.05) is 24.4 Å². The minimum absolute atomic E-state index is 0.0927. The third-order valence-electron chi connectivity index (χ3n) is 7.12. The predicted molar refractivity (Wildman–Crippen MR) is 168 cm³/mol. The van der Waals surface area contributed by atoms with Crippen LogP contribution in [0.4, 0.5) is 15.8 Å². The molecule has 228 valence electrons. The van der Waals surface area contributed by atoms with Crippen LogP contribution in [0.15, 0.2) is 109 Å². The second kappa shape index (κ2) is 14.1. The van der Waals surface area contributed by atoms with Crippen LogP contribution in [0.5, 0.6) is 5.75 Å². The number of nitrogens with zero attached hydrogens (tertiary/aromatic N) is 4. The van der Waals surface area contributed by atoms with E-state index in [1.54, 1.807) is 75.0 Å². The molecule has 0 saturated heterocycles. The van der Waals surface area contributed by atoms with Gasteiger partial charge in [0, 0.05) is 24.7 Å². The van der Waals surface area contributed by atoms with Crippen LogP contribution >= 0.6 is 0 Å². The third-order valence-corrected chi connectivity index (χ3v) is 7.12. The average molecular weight is 607 g/mol. The van der Waals surface area contributed by atoms with E-state index in [0.717, 1.165) is 5.56 Å². The highest BCUT2D eigenvalue weighted by Gasteiger charge is 2.26. The maximum Gasteiger partial charge on any atom is 0.258 e. The molecule has 10 nitrogen and oxygen atoms in total. The standard InChI is InChI=1S/C34H31FN6O4/c1-40(24-16-18-25(45-2)19-17-24)34(44)30(20-23-10-4-3-5-11-23)36-32(42)22-41-21-31(38-39-41)27-13-7-9-15-29(27)37-33(43)26-12-6-8-14-28(26)35/h3-19,21,30H,20,22H2,1-2H3,(H,36,42)(H,37,43). The van der Waals surface area contributed by atoms with Crippen LogP contribution in [0.25, 0.3) is 11.3 Å². The summed E-state index contributed by atoms with van der Waals surface area (Å²) in [7, 11) is 3.22. The molecule has 1 unspecified atom stereocenters. The maximum absolute atomic E-state index is 14.2. The van der Waals surface area contributed by atoms with Crippen molar-refractivity contribution in [2.45, 2.75) is 19.0 Å². The van der Waals surface area contributed by atoms with Crippen LogP contribution < -0.4 is 20.3 Å². The Morgan fingerprint density at radius 2 is 1.60 bits per heavy atom. The van der Waals surface area contributed by atoms with Crippen LogP contribution in [-0.2, 0) is 22.6 Å². The molecule has 0 fully saturated rings. The van der Waals surface area contributed by atoms with E-state index in [0.29, 0.717) is 28.4 Å². The lowest BCUT2D eigenvalue weighted by Crippen LogP contribution is -2.49. The molecule has 45 heavy (non-hydrogen) atoms. The van der Waals surface area contributed by atoms with Gasteiger partial charge in [0.2, 0.25) is 11.8 Å². The summed E-state index contributed by atoms with van der Waals surface area (Å²) < 4.78 is 20.7. The highest BCUT2D eigenvalue weighted by molar-refractivity contribution is 6.06. The summed E-state index contributed by atoms with van der Waals surface area (Å²) in [5, 5.41) is 13.9. The third kappa shape index (κ3) is 7.57.